The Morgan fingerprint density at radius 1 is 1.28 bits per heavy atom. The molecule has 1 aromatic carbocycles. The van der Waals surface area contributed by atoms with E-state index in [0.29, 0.717) is 18.2 Å². The largest absolute Gasteiger partial charge is 0.358 e. The van der Waals surface area contributed by atoms with Gasteiger partial charge in [0.25, 0.3) is 0 Å². The van der Waals surface area contributed by atoms with Gasteiger partial charge in [-0.15, -0.1) is 0 Å². The highest BCUT2D eigenvalue weighted by atomic mass is 16.1. The van der Waals surface area contributed by atoms with Crippen LogP contribution in [-0.2, 0) is 11.2 Å². The fourth-order valence-corrected chi connectivity index (χ4v) is 2.22. The number of fused-ring (bicyclic) bond motifs is 1. The van der Waals surface area contributed by atoms with Gasteiger partial charge in [0, 0.05) is 23.1 Å². The molecule has 3 heteroatoms. The number of para-hydroxylation sites is 1. The average Bonchev–Trinajstić information content (AvgIpc) is 2.30. The summed E-state index contributed by atoms with van der Waals surface area (Å²) in [5.41, 5.74) is 3.59. The minimum absolute atomic E-state index is 0.0474. The second-order valence-corrected chi connectivity index (χ2v) is 4.76. The molecule has 0 atom stereocenters. The summed E-state index contributed by atoms with van der Waals surface area (Å²) in [7, 11) is 0. The Kier molecular flexibility index (Phi) is 3.32. The number of hydrogen-bond acceptors (Lipinski definition) is 2. The van der Waals surface area contributed by atoms with E-state index in [2.05, 4.69) is 4.98 Å². The molecular weight excluding hydrogens is 226 g/mol. The van der Waals surface area contributed by atoms with Gasteiger partial charge < -0.3 is 9.78 Å². The number of carbonyl (C=O) groups is 1. The second kappa shape index (κ2) is 4.77. The Morgan fingerprint density at radius 3 is 2.67 bits per heavy atom. The second-order valence-electron chi connectivity index (χ2n) is 4.76. The van der Waals surface area contributed by atoms with E-state index in [0.717, 1.165) is 22.3 Å². The number of hydrogen-bond donors (Lipinski definition) is 1. The van der Waals surface area contributed by atoms with Crippen LogP contribution in [0.2, 0.25) is 0 Å². The van der Waals surface area contributed by atoms with E-state index in [4.69, 9.17) is 0 Å². The van der Waals surface area contributed by atoms with Crippen LogP contribution in [0.15, 0.2) is 23.0 Å². The van der Waals surface area contributed by atoms with E-state index >= 15 is 0 Å². The van der Waals surface area contributed by atoms with Crippen molar-refractivity contribution in [2.24, 2.45) is 0 Å². The molecule has 94 valence electrons. The molecule has 1 heterocycles. The van der Waals surface area contributed by atoms with Gasteiger partial charge in [0.05, 0.1) is 5.52 Å². The number of H-pyrrole nitrogens is 1. The van der Waals surface area contributed by atoms with Gasteiger partial charge in [-0.2, -0.15) is 0 Å². The number of carbonyl (C=O) groups excluding carboxylic acids is 1. The molecule has 0 aliphatic heterocycles. The minimum atomic E-state index is 0.0474. The van der Waals surface area contributed by atoms with Gasteiger partial charge in [0.2, 0.25) is 0 Å². The molecule has 0 unspecified atom stereocenters. The summed E-state index contributed by atoms with van der Waals surface area (Å²) in [5.74, 6) is 0.109. The minimum Gasteiger partial charge on any atom is -0.358 e. The van der Waals surface area contributed by atoms with E-state index in [1.54, 1.807) is 6.92 Å². The predicted octanol–water partition coefficient (Wildman–Crippen LogP) is 2.67. The van der Waals surface area contributed by atoms with Crippen LogP contribution in [0.25, 0.3) is 10.9 Å². The first kappa shape index (κ1) is 12.6. The van der Waals surface area contributed by atoms with Crippen molar-refractivity contribution in [1.29, 1.82) is 0 Å². The number of benzene rings is 1. The zero-order chi connectivity index (χ0) is 13.3. The highest BCUT2D eigenvalue weighted by Crippen LogP contribution is 2.16. The highest BCUT2D eigenvalue weighted by molar-refractivity contribution is 5.82. The summed E-state index contributed by atoms with van der Waals surface area (Å²) in [4.78, 5) is 26.7. The Balaban J connectivity index is 2.62. The lowest BCUT2D eigenvalue weighted by molar-refractivity contribution is -0.116. The van der Waals surface area contributed by atoms with Crippen LogP contribution in [0.4, 0.5) is 0 Å². The first-order valence-corrected chi connectivity index (χ1v) is 6.11. The lowest BCUT2D eigenvalue weighted by Gasteiger charge is -2.09. The molecule has 0 fully saturated rings. The number of aryl methyl sites for hydroxylation is 2. The molecule has 0 amide bonds. The van der Waals surface area contributed by atoms with E-state index in [1.807, 2.05) is 32.0 Å². The zero-order valence-electron chi connectivity index (χ0n) is 11.0. The standard InChI is InChI=1S/C15H17NO2/c1-9-5-4-6-13-14(9)16-11(3)12(15(13)18)8-7-10(2)17/h4-6H,7-8H2,1-3H3,(H,16,18). The normalized spacial score (nSPS) is 10.8. The number of nitrogens with one attached hydrogen (secondary N) is 1. The topological polar surface area (TPSA) is 49.9 Å². The van der Waals surface area contributed by atoms with E-state index in [-0.39, 0.29) is 11.2 Å². The van der Waals surface area contributed by atoms with Crippen LogP contribution in [0.5, 0.6) is 0 Å². The van der Waals surface area contributed by atoms with Gasteiger partial charge in [0.15, 0.2) is 5.43 Å². The first-order valence-electron chi connectivity index (χ1n) is 6.11. The van der Waals surface area contributed by atoms with Crippen molar-refractivity contribution in [3.63, 3.8) is 0 Å². The summed E-state index contributed by atoms with van der Waals surface area (Å²) >= 11 is 0. The Morgan fingerprint density at radius 2 is 2.00 bits per heavy atom. The fourth-order valence-electron chi connectivity index (χ4n) is 2.22. The molecule has 0 saturated carbocycles. The molecule has 0 spiro atoms. The number of rotatable bonds is 3. The van der Waals surface area contributed by atoms with Gasteiger partial charge in [-0.25, -0.2) is 0 Å². The van der Waals surface area contributed by atoms with E-state index in [1.165, 1.54) is 0 Å². The Hall–Kier alpha value is -1.90. The molecule has 3 nitrogen and oxygen atoms in total. The Labute approximate surface area is 106 Å². The summed E-state index contributed by atoms with van der Waals surface area (Å²) in [6.07, 6.45) is 0.932. The maximum absolute atomic E-state index is 12.4. The molecule has 0 aliphatic carbocycles. The van der Waals surface area contributed by atoms with Crippen molar-refractivity contribution >= 4 is 16.7 Å². The van der Waals surface area contributed by atoms with Crippen LogP contribution in [0, 0.1) is 13.8 Å². The van der Waals surface area contributed by atoms with Crippen LogP contribution in [-0.4, -0.2) is 10.8 Å². The quantitative estimate of drug-likeness (QED) is 0.901. The van der Waals surface area contributed by atoms with Crippen molar-refractivity contribution in [3.8, 4) is 0 Å². The number of Topliss-reactive ketones (excluding diaryl/α,β-unsaturated/α-hetero) is 1. The van der Waals surface area contributed by atoms with Gasteiger partial charge >= 0.3 is 0 Å². The van der Waals surface area contributed by atoms with Crippen molar-refractivity contribution < 1.29 is 4.79 Å². The predicted molar refractivity (Wildman–Crippen MR) is 73.0 cm³/mol. The van der Waals surface area contributed by atoms with Gasteiger partial charge in [-0.05, 0) is 38.8 Å². The molecule has 18 heavy (non-hydrogen) atoms. The van der Waals surface area contributed by atoms with E-state index in [9.17, 15) is 9.59 Å². The lowest BCUT2D eigenvalue weighted by atomic mass is 10.0. The highest BCUT2D eigenvalue weighted by Gasteiger charge is 2.10. The third kappa shape index (κ3) is 2.21. The third-order valence-electron chi connectivity index (χ3n) is 3.28. The van der Waals surface area contributed by atoms with Crippen molar-refractivity contribution in [2.75, 3.05) is 0 Å². The maximum Gasteiger partial charge on any atom is 0.192 e. The van der Waals surface area contributed by atoms with Crippen molar-refractivity contribution in [1.82, 2.24) is 4.98 Å². The van der Waals surface area contributed by atoms with Crippen LogP contribution in [0.3, 0.4) is 0 Å². The van der Waals surface area contributed by atoms with Crippen LogP contribution < -0.4 is 5.43 Å². The monoisotopic (exact) mass is 243 g/mol. The van der Waals surface area contributed by atoms with Gasteiger partial charge in [-0.1, -0.05) is 12.1 Å². The first-order chi connectivity index (χ1) is 8.50. The lowest BCUT2D eigenvalue weighted by Crippen LogP contribution is -2.14. The maximum atomic E-state index is 12.4. The molecule has 2 aromatic rings. The third-order valence-corrected chi connectivity index (χ3v) is 3.28. The summed E-state index contributed by atoms with van der Waals surface area (Å²) in [6, 6.07) is 5.70. The summed E-state index contributed by atoms with van der Waals surface area (Å²) in [5, 5.41) is 0.708. The SMILES string of the molecule is CC(=O)CCc1c(C)[nH]c2c(C)cccc2c1=O. The molecule has 0 radical (unpaired) electrons. The van der Waals surface area contributed by atoms with Gasteiger partial charge in [-0.3, -0.25) is 4.79 Å². The summed E-state index contributed by atoms with van der Waals surface area (Å²) in [6.45, 7) is 5.42. The number of pyridine rings is 1. The average molecular weight is 243 g/mol. The zero-order valence-corrected chi connectivity index (χ0v) is 11.0. The smallest absolute Gasteiger partial charge is 0.192 e. The van der Waals surface area contributed by atoms with E-state index < -0.39 is 0 Å². The Bertz CT molecular complexity index is 668. The van der Waals surface area contributed by atoms with Crippen LogP contribution >= 0.6 is 0 Å². The van der Waals surface area contributed by atoms with Gasteiger partial charge in [0.1, 0.15) is 5.78 Å². The molecule has 1 N–H and O–H groups in total. The van der Waals surface area contributed by atoms with Crippen molar-refractivity contribution in [2.45, 2.75) is 33.6 Å². The number of ketones is 1. The van der Waals surface area contributed by atoms with Crippen molar-refractivity contribution in [3.05, 3.63) is 45.2 Å². The fraction of sp³-hybridized carbons (Fsp3) is 0.333. The molecule has 0 aliphatic rings. The molecule has 2 rings (SSSR count). The molecule has 1 aromatic heterocycles. The molecule has 0 saturated heterocycles. The molecular formula is C15H17NO2. The summed E-state index contributed by atoms with van der Waals surface area (Å²) < 4.78 is 0. The van der Waals surface area contributed by atoms with Crippen LogP contribution in [0.1, 0.15) is 30.2 Å². The molecule has 0 bridgehead atoms. The number of aromatic nitrogens is 1. The number of aromatic amines is 1.